The summed E-state index contributed by atoms with van der Waals surface area (Å²) in [6, 6.07) is 11.6. The van der Waals surface area contributed by atoms with Crippen LogP contribution in [0.25, 0.3) is 10.2 Å². The minimum atomic E-state index is -0.250. The van der Waals surface area contributed by atoms with E-state index in [0.29, 0.717) is 17.5 Å². The number of para-hydroxylation sites is 1. The van der Waals surface area contributed by atoms with Crippen LogP contribution in [-0.2, 0) is 10.2 Å². The van der Waals surface area contributed by atoms with E-state index in [2.05, 4.69) is 47.0 Å². The average Bonchev–Trinajstić information content (AvgIpc) is 3.03. The molecule has 0 bridgehead atoms. The number of rotatable bonds is 6. The monoisotopic (exact) mass is 462 g/mol. The second-order valence-electron chi connectivity index (χ2n) is 7.28. The summed E-state index contributed by atoms with van der Waals surface area (Å²) in [5, 5.41) is 3.35. The highest BCUT2D eigenvalue weighted by atomic mass is 79.9. The molecule has 1 N–H and O–H groups in total. The smallest absolute Gasteiger partial charge is 0.264 e. The lowest BCUT2D eigenvalue weighted by molar-refractivity contribution is -0.118. The number of halogens is 1. The molecule has 1 heterocycles. The van der Waals surface area contributed by atoms with Gasteiger partial charge in [0.1, 0.15) is 17.0 Å². The molecular formula is C21H23BrN2O3S. The Hall–Kier alpha value is -2.12. The van der Waals surface area contributed by atoms with Crippen molar-refractivity contribution in [3.63, 3.8) is 0 Å². The topological polar surface area (TPSA) is 60.5 Å². The van der Waals surface area contributed by atoms with Gasteiger partial charge in [-0.05, 0) is 42.7 Å². The molecular weight excluding hydrogens is 440 g/mol. The van der Waals surface area contributed by atoms with Crippen LogP contribution in [0.3, 0.4) is 0 Å². The molecule has 28 heavy (non-hydrogen) atoms. The van der Waals surface area contributed by atoms with Crippen molar-refractivity contribution < 1.29 is 14.3 Å². The molecule has 0 radical (unpaired) electrons. The van der Waals surface area contributed by atoms with Crippen molar-refractivity contribution in [3.05, 3.63) is 46.4 Å². The lowest BCUT2D eigenvalue weighted by Crippen LogP contribution is -2.21. The van der Waals surface area contributed by atoms with Gasteiger partial charge in [-0.25, -0.2) is 4.98 Å². The number of hydrogen-bond acceptors (Lipinski definition) is 5. The number of fused-ring (bicyclic) bond motifs is 1. The van der Waals surface area contributed by atoms with E-state index in [-0.39, 0.29) is 17.9 Å². The Kier molecular flexibility index (Phi) is 6.25. The lowest BCUT2D eigenvalue weighted by Gasteiger charge is -2.23. The third-order valence-electron chi connectivity index (χ3n) is 4.04. The van der Waals surface area contributed by atoms with E-state index in [4.69, 9.17) is 9.47 Å². The highest BCUT2D eigenvalue weighted by molar-refractivity contribution is 9.10. The first kappa shape index (κ1) is 20.6. The van der Waals surface area contributed by atoms with Crippen LogP contribution in [0.1, 0.15) is 33.3 Å². The van der Waals surface area contributed by atoms with Crippen LogP contribution < -0.4 is 14.8 Å². The van der Waals surface area contributed by atoms with Crippen LogP contribution in [0.5, 0.6) is 11.5 Å². The van der Waals surface area contributed by atoms with Crippen molar-refractivity contribution >= 4 is 48.5 Å². The van der Waals surface area contributed by atoms with Crippen molar-refractivity contribution in [1.29, 1.82) is 0 Å². The molecule has 0 atom stereocenters. The quantitative estimate of drug-likeness (QED) is 0.504. The Morgan fingerprint density at radius 3 is 2.68 bits per heavy atom. The molecule has 1 amide bonds. The van der Waals surface area contributed by atoms with E-state index in [9.17, 15) is 4.79 Å². The van der Waals surface area contributed by atoms with Gasteiger partial charge in [-0.2, -0.15) is 0 Å². The zero-order valence-corrected chi connectivity index (χ0v) is 18.7. The Bertz CT molecular complexity index is 995. The van der Waals surface area contributed by atoms with E-state index in [1.165, 1.54) is 11.3 Å². The molecule has 0 unspecified atom stereocenters. The predicted molar refractivity (Wildman–Crippen MR) is 118 cm³/mol. The lowest BCUT2D eigenvalue weighted by atomic mass is 9.86. The van der Waals surface area contributed by atoms with Crippen molar-refractivity contribution in [1.82, 2.24) is 4.98 Å². The van der Waals surface area contributed by atoms with E-state index in [1.807, 2.05) is 43.3 Å². The van der Waals surface area contributed by atoms with Crippen LogP contribution in [0.15, 0.2) is 40.9 Å². The highest BCUT2D eigenvalue weighted by Gasteiger charge is 2.20. The summed E-state index contributed by atoms with van der Waals surface area (Å²) >= 11 is 4.91. The number of anilines is 1. The van der Waals surface area contributed by atoms with Crippen molar-refractivity contribution in [2.45, 2.75) is 33.1 Å². The minimum absolute atomic E-state index is 0.0844. The molecule has 7 heteroatoms. The first-order valence-electron chi connectivity index (χ1n) is 9.03. The Morgan fingerprint density at radius 2 is 1.96 bits per heavy atom. The molecule has 2 aromatic carbocycles. The van der Waals surface area contributed by atoms with Gasteiger partial charge in [0.2, 0.25) is 0 Å². The summed E-state index contributed by atoms with van der Waals surface area (Å²) in [4.78, 5) is 16.9. The third-order valence-corrected chi connectivity index (χ3v) is 5.47. The molecule has 3 aromatic rings. The SMILES string of the molecule is CCOc1cccc2sc(NC(=O)COc3ccc(Br)cc3C(C)(C)C)nc12. The number of nitrogens with one attached hydrogen (secondary N) is 1. The molecule has 0 aliphatic carbocycles. The third kappa shape index (κ3) is 4.83. The second kappa shape index (κ2) is 8.49. The normalized spacial score (nSPS) is 11.5. The van der Waals surface area contributed by atoms with Gasteiger partial charge in [0, 0.05) is 10.0 Å². The summed E-state index contributed by atoms with van der Waals surface area (Å²) in [6.45, 7) is 8.74. The van der Waals surface area contributed by atoms with Crippen LogP contribution in [0.4, 0.5) is 5.13 Å². The van der Waals surface area contributed by atoms with E-state index in [0.717, 1.165) is 26.0 Å². The van der Waals surface area contributed by atoms with E-state index in [1.54, 1.807) is 0 Å². The largest absolute Gasteiger partial charge is 0.492 e. The maximum Gasteiger partial charge on any atom is 0.264 e. The standard InChI is InChI=1S/C21H23BrN2O3S/c1-5-26-16-7-6-8-17-19(16)24-20(28-17)23-18(25)12-27-15-10-9-13(22)11-14(15)21(2,3)4/h6-11H,5,12H2,1-4H3,(H,23,24,25). The fourth-order valence-corrected chi connectivity index (χ4v) is 4.02. The maximum absolute atomic E-state index is 12.4. The Labute approximate surface area is 177 Å². The Morgan fingerprint density at radius 1 is 1.18 bits per heavy atom. The number of ether oxygens (including phenoxy) is 2. The number of benzene rings is 2. The van der Waals surface area contributed by atoms with Gasteiger partial charge in [0.05, 0.1) is 11.3 Å². The van der Waals surface area contributed by atoms with Crippen molar-refractivity contribution in [2.24, 2.45) is 0 Å². The van der Waals surface area contributed by atoms with Gasteiger partial charge in [-0.1, -0.05) is 54.1 Å². The summed E-state index contributed by atoms with van der Waals surface area (Å²) in [5.41, 5.74) is 1.70. The number of aromatic nitrogens is 1. The number of nitrogens with zero attached hydrogens (tertiary/aromatic N) is 1. The van der Waals surface area contributed by atoms with Gasteiger partial charge < -0.3 is 9.47 Å². The summed E-state index contributed by atoms with van der Waals surface area (Å²) in [5.74, 6) is 1.17. The number of amides is 1. The molecule has 0 aliphatic rings. The van der Waals surface area contributed by atoms with Gasteiger partial charge in [-0.3, -0.25) is 10.1 Å². The summed E-state index contributed by atoms with van der Waals surface area (Å²) < 4.78 is 13.4. The first-order chi connectivity index (χ1) is 13.3. The molecule has 0 saturated carbocycles. The van der Waals surface area contributed by atoms with Gasteiger partial charge in [0.25, 0.3) is 5.91 Å². The van der Waals surface area contributed by atoms with Crippen molar-refractivity contribution in [2.75, 3.05) is 18.5 Å². The van der Waals surface area contributed by atoms with E-state index >= 15 is 0 Å². The van der Waals surface area contributed by atoms with Crippen LogP contribution >= 0.6 is 27.3 Å². The zero-order valence-electron chi connectivity index (χ0n) is 16.3. The molecule has 3 rings (SSSR count). The number of carbonyl (C=O) groups excluding carboxylic acids is 1. The fraction of sp³-hybridized carbons (Fsp3) is 0.333. The summed E-state index contributed by atoms with van der Waals surface area (Å²) in [7, 11) is 0. The molecule has 148 valence electrons. The predicted octanol–water partition coefficient (Wildman–Crippen LogP) is 5.77. The van der Waals surface area contributed by atoms with Crippen LogP contribution in [0.2, 0.25) is 0 Å². The molecule has 0 aliphatic heterocycles. The first-order valence-corrected chi connectivity index (χ1v) is 10.6. The number of thiazole rings is 1. The highest BCUT2D eigenvalue weighted by Crippen LogP contribution is 2.34. The maximum atomic E-state index is 12.4. The number of carbonyl (C=O) groups is 1. The van der Waals surface area contributed by atoms with Gasteiger partial charge in [-0.15, -0.1) is 0 Å². The minimum Gasteiger partial charge on any atom is -0.492 e. The van der Waals surface area contributed by atoms with Crippen LogP contribution in [0, 0.1) is 0 Å². The fourth-order valence-electron chi connectivity index (χ4n) is 2.76. The zero-order chi connectivity index (χ0) is 20.3. The average molecular weight is 463 g/mol. The molecule has 5 nitrogen and oxygen atoms in total. The Balaban J connectivity index is 1.70. The van der Waals surface area contributed by atoms with Gasteiger partial charge in [0.15, 0.2) is 11.7 Å². The van der Waals surface area contributed by atoms with E-state index < -0.39 is 0 Å². The van der Waals surface area contributed by atoms with Crippen molar-refractivity contribution in [3.8, 4) is 11.5 Å². The molecule has 0 fully saturated rings. The molecule has 1 aromatic heterocycles. The number of hydrogen-bond donors (Lipinski definition) is 1. The second-order valence-corrected chi connectivity index (χ2v) is 9.23. The van der Waals surface area contributed by atoms with Crippen LogP contribution in [-0.4, -0.2) is 24.1 Å². The molecule has 0 saturated heterocycles. The molecule has 0 spiro atoms. The summed E-state index contributed by atoms with van der Waals surface area (Å²) in [6.07, 6.45) is 0. The van der Waals surface area contributed by atoms with Gasteiger partial charge >= 0.3 is 0 Å².